The third-order valence-corrected chi connectivity index (χ3v) is 9.79. The maximum atomic E-state index is 13.3. The van der Waals surface area contributed by atoms with E-state index in [0.29, 0.717) is 11.5 Å². The third kappa shape index (κ3) is 8.09. The fourth-order valence-electron chi connectivity index (χ4n) is 4.55. The molecule has 0 bridgehead atoms. The topological polar surface area (TPSA) is 219 Å². The number of amides is 2. The molecule has 2 aromatic heterocycles. The summed E-state index contributed by atoms with van der Waals surface area (Å²) in [6.07, 6.45) is -1.40. The molecule has 3 heterocycles. The smallest absolute Gasteiger partial charge is 0.332 e. The molecule has 17 heteroatoms. The number of nitrogens with one attached hydrogen (secondary N) is 2. The molecule has 15 nitrogen and oxygen atoms in total. The molecule has 0 saturated carbocycles. The second-order valence-corrected chi connectivity index (χ2v) is 12.8. The molecule has 1 aliphatic rings. The maximum Gasteiger partial charge on any atom is 0.332 e. The summed E-state index contributed by atoms with van der Waals surface area (Å²) in [5, 5.41) is 16.7. The SMILES string of the molecule is CCOP(=O)(CCNC(=O)[C@H]1O[C@@H](n2cnc3c(N)ncnc32)[C@H](O)[C@@H]1NC(=O)[C@H](N)CSCc1ccccc1)OCC. The summed E-state index contributed by atoms with van der Waals surface area (Å²) in [6.45, 7) is 3.67. The van der Waals surface area contributed by atoms with Crippen LogP contribution in [0.5, 0.6) is 0 Å². The fourth-order valence-corrected chi connectivity index (χ4v) is 7.00. The molecular weight excluding hydrogens is 599 g/mol. The number of imidazole rings is 1. The number of nitrogens with two attached hydrogens (primary N) is 2. The van der Waals surface area contributed by atoms with Gasteiger partial charge in [0.25, 0.3) is 5.91 Å². The normalized spacial score (nSPS) is 21.1. The van der Waals surface area contributed by atoms with E-state index in [4.69, 9.17) is 25.3 Å². The Bertz CT molecular complexity index is 1420. The van der Waals surface area contributed by atoms with E-state index in [9.17, 15) is 19.3 Å². The molecule has 0 spiro atoms. The predicted molar refractivity (Wildman–Crippen MR) is 161 cm³/mol. The van der Waals surface area contributed by atoms with Crippen LogP contribution in [0.1, 0.15) is 25.6 Å². The van der Waals surface area contributed by atoms with E-state index in [-0.39, 0.29) is 42.9 Å². The number of aromatic nitrogens is 4. The second-order valence-electron chi connectivity index (χ2n) is 9.62. The molecule has 1 aromatic carbocycles. The van der Waals surface area contributed by atoms with Gasteiger partial charge in [-0.3, -0.25) is 18.7 Å². The van der Waals surface area contributed by atoms with Crippen molar-refractivity contribution in [1.29, 1.82) is 0 Å². The third-order valence-electron chi connectivity index (χ3n) is 6.58. The van der Waals surface area contributed by atoms with Gasteiger partial charge >= 0.3 is 7.60 Å². The Labute approximate surface area is 253 Å². The number of nitrogens with zero attached hydrogens (tertiary/aromatic N) is 4. The molecule has 43 heavy (non-hydrogen) atoms. The minimum Gasteiger partial charge on any atom is -0.386 e. The average molecular weight is 637 g/mol. The first kappa shape index (κ1) is 32.8. The number of ether oxygens (including phenoxy) is 1. The molecule has 5 atom stereocenters. The Balaban J connectivity index is 1.48. The number of fused-ring (bicyclic) bond motifs is 1. The summed E-state index contributed by atoms with van der Waals surface area (Å²) in [4.78, 5) is 38.8. The molecule has 0 aliphatic carbocycles. The molecule has 4 rings (SSSR count). The van der Waals surface area contributed by atoms with Crippen LogP contribution in [0, 0.1) is 0 Å². The number of hydrogen-bond donors (Lipinski definition) is 5. The summed E-state index contributed by atoms with van der Waals surface area (Å²) in [7, 11) is -3.42. The Kier molecular flexibility index (Phi) is 11.5. The predicted octanol–water partition coefficient (Wildman–Crippen LogP) is 0.795. The van der Waals surface area contributed by atoms with Gasteiger partial charge in [-0.05, 0) is 19.4 Å². The number of carbonyl (C=O) groups excluding carboxylic acids is 2. The van der Waals surface area contributed by atoms with Gasteiger partial charge in [0.05, 0.1) is 37.8 Å². The van der Waals surface area contributed by atoms with Crippen molar-refractivity contribution < 1.29 is 33.0 Å². The molecule has 2 amide bonds. The van der Waals surface area contributed by atoms with Gasteiger partial charge < -0.3 is 41.0 Å². The summed E-state index contributed by atoms with van der Waals surface area (Å²) in [6, 6.07) is 7.64. The minimum absolute atomic E-state index is 0.0647. The van der Waals surface area contributed by atoms with Gasteiger partial charge in [0.1, 0.15) is 17.9 Å². The number of nitrogen functional groups attached to an aromatic ring is 1. The number of anilines is 1. The van der Waals surface area contributed by atoms with E-state index in [1.165, 1.54) is 29.0 Å². The van der Waals surface area contributed by atoms with Crippen molar-refractivity contribution in [2.24, 2.45) is 5.73 Å². The number of thioether (sulfide) groups is 1. The van der Waals surface area contributed by atoms with E-state index in [0.717, 1.165) is 5.56 Å². The Morgan fingerprint density at radius 1 is 1.19 bits per heavy atom. The summed E-state index contributed by atoms with van der Waals surface area (Å²) < 4.78 is 30.8. The zero-order chi connectivity index (χ0) is 31.0. The van der Waals surface area contributed by atoms with Gasteiger partial charge in [0.2, 0.25) is 5.91 Å². The van der Waals surface area contributed by atoms with Crippen LogP contribution in [0.25, 0.3) is 11.2 Å². The van der Waals surface area contributed by atoms with Gasteiger partial charge in [0.15, 0.2) is 23.8 Å². The number of aliphatic hydroxyl groups excluding tert-OH is 1. The maximum absolute atomic E-state index is 13.3. The van der Waals surface area contributed by atoms with Gasteiger partial charge in [-0.1, -0.05) is 30.3 Å². The Hall–Kier alpha value is -3.11. The van der Waals surface area contributed by atoms with Gasteiger partial charge in [-0.2, -0.15) is 11.8 Å². The van der Waals surface area contributed by atoms with Gasteiger partial charge in [-0.15, -0.1) is 0 Å². The molecular formula is C26H37N8O7PS. The van der Waals surface area contributed by atoms with Crippen molar-refractivity contribution in [2.75, 3.05) is 37.4 Å². The average Bonchev–Trinajstić information content (AvgIpc) is 3.55. The fraction of sp³-hybridized carbons (Fsp3) is 0.500. The number of aliphatic hydroxyl groups is 1. The quantitative estimate of drug-likeness (QED) is 0.146. The highest BCUT2D eigenvalue weighted by Crippen LogP contribution is 2.47. The van der Waals surface area contributed by atoms with Crippen LogP contribution in [0.15, 0.2) is 43.0 Å². The highest BCUT2D eigenvalue weighted by Gasteiger charge is 2.49. The monoisotopic (exact) mass is 636 g/mol. The van der Waals surface area contributed by atoms with Crippen molar-refractivity contribution >= 4 is 48.2 Å². The molecule has 0 radical (unpaired) electrons. The lowest BCUT2D eigenvalue weighted by Gasteiger charge is -2.23. The molecule has 1 fully saturated rings. The summed E-state index contributed by atoms with van der Waals surface area (Å²) in [5.41, 5.74) is 13.7. The number of hydrogen-bond acceptors (Lipinski definition) is 13. The van der Waals surface area contributed by atoms with Crippen LogP contribution in [-0.4, -0.2) is 92.4 Å². The molecule has 0 unspecified atom stereocenters. The summed E-state index contributed by atoms with van der Waals surface area (Å²) in [5.74, 6) is -0.127. The van der Waals surface area contributed by atoms with E-state index >= 15 is 0 Å². The van der Waals surface area contributed by atoms with Crippen LogP contribution in [-0.2, 0) is 33.7 Å². The number of carbonyl (C=O) groups is 2. The number of benzene rings is 1. The largest absolute Gasteiger partial charge is 0.386 e. The first-order chi connectivity index (χ1) is 20.7. The minimum atomic E-state index is -3.42. The molecule has 1 saturated heterocycles. The molecule has 234 valence electrons. The van der Waals surface area contributed by atoms with Crippen LogP contribution in [0.3, 0.4) is 0 Å². The molecule has 7 N–H and O–H groups in total. The van der Waals surface area contributed by atoms with E-state index in [1.54, 1.807) is 13.8 Å². The van der Waals surface area contributed by atoms with Crippen molar-refractivity contribution in [1.82, 2.24) is 30.2 Å². The van der Waals surface area contributed by atoms with E-state index in [1.807, 2.05) is 30.3 Å². The Morgan fingerprint density at radius 3 is 2.60 bits per heavy atom. The van der Waals surface area contributed by atoms with Crippen LogP contribution >= 0.6 is 19.4 Å². The lowest BCUT2D eigenvalue weighted by molar-refractivity contribution is -0.135. The van der Waals surface area contributed by atoms with E-state index in [2.05, 4.69) is 25.6 Å². The van der Waals surface area contributed by atoms with Crippen molar-refractivity contribution in [3.8, 4) is 0 Å². The second kappa shape index (κ2) is 15.1. The van der Waals surface area contributed by atoms with Gasteiger partial charge in [0, 0.05) is 18.1 Å². The van der Waals surface area contributed by atoms with Crippen molar-refractivity contribution in [3.05, 3.63) is 48.5 Å². The lowest BCUT2D eigenvalue weighted by atomic mass is 10.1. The highest BCUT2D eigenvalue weighted by atomic mass is 32.2. The molecule has 1 aliphatic heterocycles. The van der Waals surface area contributed by atoms with Crippen LogP contribution < -0.4 is 22.1 Å². The van der Waals surface area contributed by atoms with Crippen LogP contribution in [0.4, 0.5) is 5.82 Å². The van der Waals surface area contributed by atoms with E-state index < -0.39 is 49.9 Å². The van der Waals surface area contributed by atoms with Crippen molar-refractivity contribution in [3.63, 3.8) is 0 Å². The first-order valence-electron chi connectivity index (χ1n) is 13.8. The van der Waals surface area contributed by atoms with Crippen molar-refractivity contribution in [2.45, 2.75) is 50.1 Å². The molecule has 3 aromatic rings. The number of rotatable bonds is 15. The Morgan fingerprint density at radius 2 is 1.91 bits per heavy atom. The first-order valence-corrected chi connectivity index (χ1v) is 16.7. The lowest BCUT2D eigenvalue weighted by Crippen LogP contribution is -2.56. The summed E-state index contributed by atoms with van der Waals surface area (Å²) >= 11 is 1.48. The zero-order valence-electron chi connectivity index (χ0n) is 23.9. The highest BCUT2D eigenvalue weighted by molar-refractivity contribution is 7.98. The van der Waals surface area contributed by atoms with Gasteiger partial charge in [-0.25, -0.2) is 15.0 Å². The standard InChI is InChI=1S/C26H37N8O7PS/c1-3-39-42(38,40-4-2)11-10-29-25(37)21-18(33-24(36)17(27)13-43-12-16-8-6-5-7-9-16)20(35)26(41-21)34-15-32-19-22(28)30-14-31-23(19)34/h5-9,14-15,17-18,20-21,26,35H,3-4,10-13,27H2,1-2H3,(H,29,37)(H,33,36)(H2,28,30,31)/t17-,18+,20-,21+,26-/m1/s1. The van der Waals surface area contributed by atoms with Crippen LogP contribution in [0.2, 0.25) is 0 Å². The zero-order valence-corrected chi connectivity index (χ0v) is 25.6.